The Bertz CT molecular complexity index is 1050. The molecule has 0 saturated heterocycles. The third kappa shape index (κ3) is 4.73. The van der Waals surface area contributed by atoms with Gasteiger partial charge in [0.1, 0.15) is 0 Å². The van der Waals surface area contributed by atoms with Crippen molar-refractivity contribution in [1.29, 1.82) is 0 Å². The highest BCUT2D eigenvalue weighted by Gasteiger charge is 2.21. The largest absolute Gasteiger partial charge is 0.490 e. The molecule has 1 aromatic heterocycles. The molecule has 0 fully saturated rings. The van der Waals surface area contributed by atoms with Crippen LogP contribution < -0.4 is 14.8 Å². The van der Waals surface area contributed by atoms with Crippen LogP contribution in [-0.4, -0.2) is 34.8 Å². The molecule has 0 bridgehead atoms. The first kappa shape index (κ1) is 20.6. The minimum absolute atomic E-state index is 0.0255. The number of fused-ring (bicyclic) bond motifs is 2. The zero-order chi connectivity index (χ0) is 21.1. The summed E-state index contributed by atoms with van der Waals surface area (Å²) < 4.78 is 11.5. The maximum Gasteiger partial charge on any atom is 0.230 e. The number of aromatic amines is 1. The first-order valence-corrected chi connectivity index (χ1v) is 11.3. The molecule has 0 saturated carbocycles. The molecule has 0 spiro atoms. The molecule has 7 heteroatoms. The molecule has 1 atom stereocenters. The second kappa shape index (κ2) is 9.00. The van der Waals surface area contributed by atoms with Crippen molar-refractivity contribution in [3.05, 3.63) is 47.5 Å². The number of amides is 1. The Morgan fingerprint density at radius 3 is 2.77 bits per heavy atom. The lowest BCUT2D eigenvalue weighted by molar-refractivity contribution is -0.119. The van der Waals surface area contributed by atoms with E-state index in [1.165, 1.54) is 17.3 Å². The van der Waals surface area contributed by atoms with Crippen LogP contribution >= 0.6 is 11.8 Å². The Morgan fingerprint density at radius 2 is 1.97 bits per heavy atom. The van der Waals surface area contributed by atoms with Crippen LogP contribution in [0.25, 0.3) is 11.0 Å². The maximum atomic E-state index is 12.7. The lowest BCUT2D eigenvalue weighted by Gasteiger charge is -2.23. The molecule has 0 radical (unpaired) electrons. The van der Waals surface area contributed by atoms with Crippen molar-refractivity contribution >= 4 is 28.7 Å². The second-order valence-electron chi connectivity index (χ2n) is 7.90. The van der Waals surface area contributed by atoms with Crippen LogP contribution in [0.5, 0.6) is 11.5 Å². The van der Waals surface area contributed by atoms with Gasteiger partial charge in [-0.25, -0.2) is 4.98 Å². The highest BCUT2D eigenvalue weighted by atomic mass is 32.2. The topological polar surface area (TPSA) is 76.2 Å². The Balaban J connectivity index is 1.42. The van der Waals surface area contributed by atoms with Gasteiger partial charge in [-0.15, -0.1) is 0 Å². The van der Waals surface area contributed by atoms with Crippen LogP contribution in [0.15, 0.2) is 41.6 Å². The number of hydrogen-bond acceptors (Lipinski definition) is 5. The molecule has 30 heavy (non-hydrogen) atoms. The quantitative estimate of drug-likeness (QED) is 0.563. The van der Waals surface area contributed by atoms with Crippen molar-refractivity contribution in [3.63, 3.8) is 0 Å². The molecule has 0 aliphatic carbocycles. The number of carbonyl (C=O) groups is 1. The predicted octanol–water partition coefficient (Wildman–Crippen LogP) is 4.64. The van der Waals surface area contributed by atoms with E-state index in [0.717, 1.165) is 39.7 Å². The molecular formula is C23H27N3O3S. The minimum atomic E-state index is -0.103. The SMILES string of the molecule is Cc1ccc2nc(SCC(=O)N[C@H](c3ccc4c(c3)OCCCO4)C(C)C)[nH]c2c1. The van der Waals surface area contributed by atoms with Gasteiger partial charge in [0.2, 0.25) is 5.91 Å². The molecule has 1 amide bonds. The van der Waals surface area contributed by atoms with Gasteiger partial charge in [0.05, 0.1) is 36.0 Å². The summed E-state index contributed by atoms with van der Waals surface area (Å²) in [5.74, 6) is 2.02. The molecule has 2 heterocycles. The van der Waals surface area contributed by atoms with E-state index < -0.39 is 0 Å². The monoisotopic (exact) mass is 425 g/mol. The van der Waals surface area contributed by atoms with Gasteiger partial charge < -0.3 is 19.8 Å². The summed E-state index contributed by atoms with van der Waals surface area (Å²) in [6.07, 6.45) is 0.868. The standard InChI is InChI=1S/C23H27N3O3S/c1-14(2)22(16-6-8-19-20(12-16)29-10-4-9-28-19)26-21(27)13-30-23-24-17-7-5-15(3)11-18(17)25-23/h5-8,11-12,14,22H,4,9-10,13H2,1-3H3,(H,24,25)(H,26,27)/t22-/m0/s1. The van der Waals surface area contributed by atoms with E-state index in [-0.39, 0.29) is 17.9 Å². The zero-order valence-corrected chi connectivity index (χ0v) is 18.3. The third-order valence-electron chi connectivity index (χ3n) is 5.07. The number of ether oxygens (including phenoxy) is 2. The fourth-order valence-corrected chi connectivity index (χ4v) is 4.22. The van der Waals surface area contributed by atoms with Gasteiger partial charge in [-0.3, -0.25) is 4.79 Å². The summed E-state index contributed by atoms with van der Waals surface area (Å²) in [5, 5.41) is 3.92. The molecule has 158 valence electrons. The smallest absolute Gasteiger partial charge is 0.230 e. The number of aromatic nitrogens is 2. The third-order valence-corrected chi connectivity index (χ3v) is 5.94. The number of benzene rings is 2. The second-order valence-corrected chi connectivity index (χ2v) is 8.86. The summed E-state index contributed by atoms with van der Waals surface area (Å²) in [4.78, 5) is 20.5. The van der Waals surface area contributed by atoms with Gasteiger partial charge in [0, 0.05) is 6.42 Å². The van der Waals surface area contributed by atoms with E-state index in [9.17, 15) is 4.79 Å². The summed E-state index contributed by atoms with van der Waals surface area (Å²) >= 11 is 1.41. The first-order chi connectivity index (χ1) is 14.5. The van der Waals surface area contributed by atoms with E-state index in [1.54, 1.807) is 0 Å². The maximum absolute atomic E-state index is 12.7. The van der Waals surface area contributed by atoms with Gasteiger partial charge in [0.25, 0.3) is 0 Å². The van der Waals surface area contributed by atoms with Crippen LogP contribution in [0.1, 0.15) is 37.4 Å². The lowest BCUT2D eigenvalue weighted by atomic mass is 9.95. The molecule has 1 aliphatic heterocycles. The Morgan fingerprint density at radius 1 is 1.17 bits per heavy atom. The molecular weight excluding hydrogens is 398 g/mol. The van der Waals surface area contributed by atoms with Crippen LogP contribution in [0.4, 0.5) is 0 Å². The average Bonchev–Trinajstić information content (AvgIpc) is 2.97. The lowest BCUT2D eigenvalue weighted by Crippen LogP contribution is -2.33. The Hall–Kier alpha value is -2.67. The van der Waals surface area contributed by atoms with Crippen LogP contribution in [-0.2, 0) is 4.79 Å². The Kier molecular flexibility index (Phi) is 6.18. The number of imidazole rings is 1. The zero-order valence-electron chi connectivity index (χ0n) is 17.5. The molecule has 6 nitrogen and oxygen atoms in total. The summed E-state index contributed by atoms with van der Waals surface area (Å²) in [6, 6.07) is 11.9. The number of nitrogens with zero attached hydrogens (tertiary/aromatic N) is 1. The number of nitrogens with one attached hydrogen (secondary N) is 2. The van der Waals surface area contributed by atoms with Crippen molar-refractivity contribution in [1.82, 2.24) is 15.3 Å². The van der Waals surface area contributed by atoms with Crippen molar-refractivity contribution in [2.75, 3.05) is 19.0 Å². The van der Waals surface area contributed by atoms with Crippen molar-refractivity contribution in [2.24, 2.45) is 5.92 Å². The Labute approximate surface area is 180 Å². The van der Waals surface area contributed by atoms with Crippen molar-refractivity contribution < 1.29 is 14.3 Å². The number of carbonyl (C=O) groups excluding carboxylic acids is 1. The number of hydrogen-bond donors (Lipinski definition) is 2. The normalized spacial score (nSPS) is 14.5. The van der Waals surface area contributed by atoms with Crippen LogP contribution in [0.3, 0.4) is 0 Å². The predicted molar refractivity (Wildman–Crippen MR) is 119 cm³/mol. The van der Waals surface area contributed by atoms with Gasteiger partial charge >= 0.3 is 0 Å². The van der Waals surface area contributed by atoms with Gasteiger partial charge in [0.15, 0.2) is 16.7 Å². The number of H-pyrrole nitrogens is 1. The first-order valence-electron chi connectivity index (χ1n) is 10.3. The minimum Gasteiger partial charge on any atom is -0.490 e. The number of thioether (sulfide) groups is 1. The van der Waals surface area contributed by atoms with Crippen LogP contribution in [0.2, 0.25) is 0 Å². The highest BCUT2D eigenvalue weighted by molar-refractivity contribution is 7.99. The van der Waals surface area contributed by atoms with Gasteiger partial charge in [-0.05, 0) is 48.2 Å². The van der Waals surface area contributed by atoms with E-state index >= 15 is 0 Å². The molecule has 1 aliphatic rings. The number of aryl methyl sites for hydroxylation is 1. The summed E-state index contributed by atoms with van der Waals surface area (Å²) in [7, 11) is 0. The van der Waals surface area contributed by atoms with Gasteiger partial charge in [-0.2, -0.15) is 0 Å². The highest BCUT2D eigenvalue weighted by Crippen LogP contribution is 2.34. The molecule has 2 N–H and O–H groups in total. The van der Waals surface area contributed by atoms with Crippen molar-refractivity contribution in [2.45, 2.75) is 38.4 Å². The van der Waals surface area contributed by atoms with Crippen molar-refractivity contribution in [3.8, 4) is 11.5 Å². The fourth-order valence-electron chi connectivity index (χ4n) is 3.53. The summed E-state index contributed by atoms with van der Waals surface area (Å²) in [5.41, 5.74) is 4.10. The van der Waals surface area contributed by atoms with E-state index in [4.69, 9.17) is 9.47 Å². The van der Waals surface area contributed by atoms with Gasteiger partial charge in [-0.1, -0.05) is 37.7 Å². The average molecular weight is 426 g/mol. The molecule has 3 aromatic rings. The molecule has 2 aromatic carbocycles. The summed E-state index contributed by atoms with van der Waals surface area (Å²) in [6.45, 7) is 7.55. The van der Waals surface area contributed by atoms with E-state index in [2.05, 4.69) is 35.2 Å². The molecule has 4 rings (SSSR count). The molecule has 0 unspecified atom stereocenters. The van der Waals surface area contributed by atoms with Crippen LogP contribution in [0, 0.1) is 12.8 Å². The van der Waals surface area contributed by atoms with E-state index in [1.807, 2.05) is 37.3 Å². The number of rotatable bonds is 6. The van der Waals surface area contributed by atoms with E-state index in [0.29, 0.717) is 19.0 Å². The fraction of sp³-hybridized carbons (Fsp3) is 0.391.